The summed E-state index contributed by atoms with van der Waals surface area (Å²) in [6.45, 7) is 1.35. The Bertz CT molecular complexity index is 450. The van der Waals surface area contributed by atoms with Gasteiger partial charge in [0.2, 0.25) is 5.88 Å². The number of benzene rings is 1. The van der Waals surface area contributed by atoms with Gasteiger partial charge in [-0.05, 0) is 6.07 Å². The molecule has 15 heavy (non-hydrogen) atoms. The second-order valence-corrected chi connectivity index (χ2v) is 3.08. The van der Waals surface area contributed by atoms with Crippen molar-refractivity contribution in [3.8, 4) is 0 Å². The summed E-state index contributed by atoms with van der Waals surface area (Å²) in [7, 11) is 0. The van der Waals surface area contributed by atoms with E-state index in [1.807, 2.05) is 24.3 Å². The van der Waals surface area contributed by atoms with Gasteiger partial charge in [0, 0.05) is 24.4 Å². The van der Waals surface area contributed by atoms with Crippen molar-refractivity contribution in [2.24, 2.45) is 4.99 Å². The smallest absolute Gasteiger partial charge is 0.309 e. The molecule has 1 aromatic carbocycles. The van der Waals surface area contributed by atoms with Crippen LogP contribution >= 0.6 is 0 Å². The minimum Gasteiger partial charge on any atom is -0.408 e. The van der Waals surface area contributed by atoms with Crippen molar-refractivity contribution in [1.29, 1.82) is 0 Å². The van der Waals surface area contributed by atoms with Crippen LogP contribution in [-0.4, -0.2) is 12.2 Å². The fourth-order valence-electron chi connectivity index (χ4n) is 1.28. The van der Waals surface area contributed by atoms with Crippen LogP contribution < -0.4 is 5.32 Å². The molecule has 1 N–H and O–H groups in total. The molecule has 1 aliphatic rings. The number of aliphatic imine (C=N–C) groups is 1. The molecule has 0 spiro atoms. The average molecular weight is 202 g/mol. The fraction of sp³-hybridized carbons (Fsp3) is 0.0909. The Balaban J connectivity index is 2.27. The number of nitrogens with zero attached hydrogens (tertiary/aromatic N) is 1. The Kier molecular flexibility index (Phi) is 2.49. The lowest BCUT2D eigenvalue weighted by Gasteiger charge is -2.09. The van der Waals surface area contributed by atoms with Crippen LogP contribution in [0.5, 0.6) is 0 Å². The number of anilines is 1. The van der Waals surface area contributed by atoms with Crippen molar-refractivity contribution in [3.63, 3.8) is 0 Å². The van der Waals surface area contributed by atoms with Crippen LogP contribution in [0.3, 0.4) is 0 Å². The van der Waals surface area contributed by atoms with Crippen molar-refractivity contribution in [1.82, 2.24) is 0 Å². The normalized spacial score (nSPS) is 13.3. The molecule has 0 saturated heterocycles. The van der Waals surface area contributed by atoms with Crippen molar-refractivity contribution in [3.05, 3.63) is 41.9 Å². The summed E-state index contributed by atoms with van der Waals surface area (Å²) in [4.78, 5) is 14.8. The van der Waals surface area contributed by atoms with Crippen LogP contribution in [0.4, 0.5) is 5.69 Å². The van der Waals surface area contributed by atoms with E-state index in [1.165, 1.54) is 13.1 Å². The van der Waals surface area contributed by atoms with Gasteiger partial charge in [0.25, 0.3) is 0 Å². The van der Waals surface area contributed by atoms with Gasteiger partial charge in [-0.15, -0.1) is 0 Å². The minimum absolute atomic E-state index is 0.337. The van der Waals surface area contributed by atoms with Crippen molar-refractivity contribution >= 4 is 17.9 Å². The van der Waals surface area contributed by atoms with E-state index in [9.17, 15) is 4.79 Å². The third kappa shape index (κ3) is 2.22. The lowest BCUT2D eigenvalue weighted by Crippen LogP contribution is -2.07. The van der Waals surface area contributed by atoms with Crippen LogP contribution in [0.2, 0.25) is 0 Å². The zero-order chi connectivity index (χ0) is 10.7. The molecule has 4 nitrogen and oxygen atoms in total. The Labute approximate surface area is 87.3 Å². The van der Waals surface area contributed by atoms with Gasteiger partial charge < -0.3 is 10.1 Å². The first-order chi connectivity index (χ1) is 7.25. The molecule has 0 bridgehead atoms. The molecule has 0 saturated carbocycles. The molecule has 2 rings (SSSR count). The number of carbonyl (C=O) groups excluding carboxylic acids is 1. The Morgan fingerprint density at radius 1 is 1.40 bits per heavy atom. The summed E-state index contributed by atoms with van der Waals surface area (Å²) in [6.07, 6.45) is 3.18. The maximum atomic E-state index is 10.8. The van der Waals surface area contributed by atoms with E-state index in [4.69, 9.17) is 4.74 Å². The molecule has 76 valence electrons. The highest BCUT2D eigenvalue weighted by Crippen LogP contribution is 2.18. The van der Waals surface area contributed by atoms with Crippen LogP contribution in [0.15, 0.2) is 41.3 Å². The topological polar surface area (TPSA) is 50.7 Å². The average Bonchev–Trinajstić information content (AvgIpc) is 2.38. The Morgan fingerprint density at radius 2 is 2.20 bits per heavy atom. The third-order valence-corrected chi connectivity index (χ3v) is 1.88. The summed E-state index contributed by atoms with van der Waals surface area (Å²) < 4.78 is 4.93. The molecule has 0 atom stereocenters. The number of hydrogen-bond donors (Lipinski definition) is 1. The number of para-hydroxylation sites is 1. The predicted molar refractivity (Wildman–Crippen MR) is 57.5 cm³/mol. The number of esters is 1. The third-order valence-electron chi connectivity index (χ3n) is 1.88. The first-order valence-corrected chi connectivity index (χ1v) is 4.53. The summed E-state index contributed by atoms with van der Waals surface area (Å²) in [5, 5.41) is 2.98. The van der Waals surface area contributed by atoms with Crippen LogP contribution in [0, 0.1) is 0 Å². The van der Waals surface area contributed by atoms with E-state index >= 15 is 0 Å². The van der Waals surface area contributed by atoms with E-state index < -0.39 is 0 Å². The summed E-state index contributed by atoms with van der Waals surface area (Å²) in [5.74, 6) is -0.0352. The molecule has 0 radical (unpaired) electrons. The van der Waals surface area contributed by atoms with Crippen molar-refractivity contribution in [2.45, 2.75) is 6.92 Å². The molecular weight excluding hydrogens is 192 g/mol. The number of carbonyl (C=O) groups is 1. The Morgan fingerprint density at radius 3 is 3.00 bits per heavy atom. The highest BCUT2D eigenvalue weighted by Gasteiger charge is 2.07. The van der Waals surface area contributed by atoms with E-state index in [2.05, 4.69) is 10.3 Å². The second-order valence-electron chi connectivity index (χ2n) is 3.08. The lowest BCUT2D eigenvalue weighted by atomic mass is 10.2. The monoisotopic (exact) mass is 202 g/mol. The molecule has 0 unspecified atom stereocenters. The second kappa shape index (κ2) is 3.96. The van der Waals surface area contributed by atoms with Gasteiger partial charge in [-0.25, -0.2) is 0 Å². The SMILES string of the molecule is CC(=O)OC1=CN=Cc2ccccc2N1. The molecule has 0 aromatic heterocycles. The summed E-state index contributed by atoms with van der Waals surface area (Å²) in [5.41, 5.74) is 1.82. The zero-order valence-electron chi connectivity index (χ0n) is 8.23. The number of fused-ring (bicyclic) bond motifs is 1. The molecule has 0 aliphatic carbocycles. The van der Waals surface area contributed by atoms with Gasteiger partial charge in [0.15, 0.2) is 0 Å². The predicted octanol–water partition coefficient (Wildman–Crippen LogP) is 1.89. The maximum absolute atomic E-state index is 10.8. The fourth-order valence-corrected chi connectivity index (χ4v) is 1.28. The van der Waals surface area contributed by atoms with Gasteiger partial charge in [-0.1, -0.05) is 18.2 Å². The molecule has 1 aromatic rings. The molecule has 0 fully saturated rings. The maximum Gasteiger partial charge on any atom is 0.309 e. The molecule has 4 heteroatoms. The quantitative estimate of drug-likeness (QED) is 0.707. The van der Waals surface area contributed by atoms with Gasteiger partial charge in [0.05, 0.1) is 6.20 Å². The minimum atomic E-state index is -0.372. The van der Waals surface area contributed by atoms with Crippen molar-refractivity contribution < 1.29 is 9.53 Å². The molecule has 1 heterocycles. The van der Waals surface area contributed by atoms with Gasteiger partial charge >= 0.3 is 5.97 Å². The highest BCUT2D eigenvalue weighted by atomic mass is 16.5. The zero-order valence-corrected chi connectivity index (χ0v) is 8.23. The van der Waals surface area contributed by atoms with E-state index in [1.54, 1.807) is 6.21 Å². The molecule has 1 aliphatic heterocycles. The van der Waals surface area contributed by atoms with Gasteiger partial charge in [-0.2, -0.15) is 0 Å². The summed E-state index contributed by atoms with van der Waals surface area (Å²) >= 11 is 0. The number of ether oxygens (including phenoxy) is 1. The number of nitrogens with one attached hydrogen (secondary N) is 1. The van der Waals surface area contributed by atoms with Crippen LogP contribution in [0.25, 0.3) is 0 Å². The standard InChI is InChI=1S/C11H10N2O2/c1-8(14)15-11-7-12-6-9-4-2-3-5-10(9)13-11/h2-7,13H,1H3. The Hall–Kier alpha value is -2.10. The van der Waals surface area contributed by atoms with Crippen LogP contribution in [-0.2, 0) is 9.53 Å². The van der Waals surface area contributed by atoms with Gasteiger partial charge in [-0.3, -0.25) is 9.79 Å². The summed E-state index contributed by atoms with van der Waals surface area (Å²) in [6, 6.07) is 7.64. The number of rotatable bonds is 1. The van der Waals surface area contributed by atoms with E-state index in [-0.39, 0.29) is 5.97 Å². The highest BCUT2D eigenvalue weighted by molar-refractivity contribution is 5.89. The van der Waals surface area contributed by atoms with Crippen LogP contribution in [0.1, 0.15) is 12.5 Å². The largest absolute Gasteiger partial charge is 0.408 e. The first-order valence-electron chi connectivity index (χ1n) is 4.53. The number of hydrogen-bond acceptors (Lipinski definition) is 4. The molecule has 0 amide bonds. The first kappa shape index (κ1) is 9.45. The van der Waals surface area contributed by atoms with Gasteiger partial charge in [0.1, 0.15) is 0 Å². The molecular formula is C11H10N2O2. The lowest BCUT2D eigenvalue weighted by molar-refractivity contribution is -0.136. The van der Waals surface area contributed by atoms with Crippen molar-refractivity contribution in [2.75, 3.05) is 5.32 Å². The van der Waals surface area contributed by atoms with E-state index in [0.29, 0.717) is 5.88 Å². The van der Waals surface area contributed by atoms with E-state index in [0.717, 1.165) is 11.3 Å².